The molecule has 2 N–H and O–H groups in total. The predicted molar refractivity (Wildman–Crippen MR) is 66.6 cm³/mol. The summed E-state index contributed by atoms with van der Waals surface area (Å²) in [4.78, 5) is 25.0. The average Bonchev–Trinajstić information content (AvgIpc) is 2.62. The van der Waals surface area contributed by atoms with Gasteiger partial charge in [-0.15, -0.1) is 4.52 Å². The smallest absolute Gasteiger partial charge is 0.384 e. The van der Waals surface area contributed by atoms with Gasteiger partial charge in [0.25, 0.3) is 5.56 Å². The van der Waals surface area contributed by atoms with Crippen LogP contribution in [0.3, 0.4) is 0 Å². The van der Waals surface area contributed by atoms with Crippen LogP contribution in [0, 0.1) is 0 Å². The van der Waals surface area contributed by atoms with Crippen molar-refractivity contribution >= 4 is 19.5 Å². The second-order valence-electron chi connectivity index (χ2n) is 4.42. The number of thiol groups is 1. The van der Waals surface area contributed by atoms with Crippen molar-refractivity contribution in [3.8, 4) is 0 Å². The molecule has 2 aliphatic heterocycles. The lowest BCUT2D eigenvalue weighted by Crippen LogP contribution is -2.41. The topological polar surface area (TPSA) is 111 Å². The number of fused-ring (bicyclic) bond motifs is 4. The van der Waals surface area contributed by atoms with Gasteiger partial charge in [0.05, 0.1) is 5.69 Å². The second kappa shape index (κ2) is 4.74. The standard InChI is InChI=1S/C9H8FN2O6PS/c10-4-6(18-19(16)20)7-5(14)2-1-3(13)11-9(15)12(2)8(4)17-7/h1,4-8,14H,(H-,11,13,15,16,20)/p+1/t4?,5-,6?,7?,8?/m1/s1. The van der Waals surface area contributed by atoms with Crippen LogP contribution in [0.4, 0.5) is 4.39 Å². The number of nitrogens with zero attached hydrogens (tertiary/aromatic N) is 1. The quantitative estimate of drug-likeness (QED) is 0.513. The molecule has 0 saturated carbocycles. The van der Waals surface area contributed by atoms with E-state index < -0.39 is 49.2 Å². The zero-order chi connectivity index (χ0) is 14.6. The highest BCUT2D eigenvalue weighted by Crippen LogP contribution is 2.46. The predicted octanol–water partition coefficient (Wildman–Crippen LogP) is -0.208. The molecule has 11 heteroatoms. The molecule has 0 radical (unpaired) electrons. The molecule has 2 bridgehead atoms. The van der Waals surface area contributed by atoms with Gasteiger partial charge < -0.3 is 9.84 Å². The Balaban J connectivity index is 2.12. The van der Waals surface area contributed by atoms with Gasteiger partial charge in [-0.1, -0.05) is 0 Å². The summed E-state index contributed by atoms with van der Waals surface area (Å²) < 4.78 is 36.1. The zero-order valence-corrected chi connectivity index (χ0v) is 11.5. The first kappa shape index (κ1) is 13.9. The molecule has 1 aromatic heterocycles. The van der Waals surface area contributed by atoms with E-state index in [9.17, 15) is 23.7 Å². The maximum atomic E-state index is 14.3. The molecule has 2 aliphatic rings. The van der Waals surface area contributed by atoms with Gasteiger partial charge in [-0.05, 0) is 4.57 Å². The Kier molecular flexibility index (Phi) is 3.30. The molecule has 8 nitrogen and oxygen atoms in total. The largest absolute Gasteiger partial charge is 0.582 e. The molecule has 3 rings (SSSR count). The summed E-state index contributed by atoms with van der Waals surface area (Å²) in [6, 6.07) is 0.990. The molecule has 0 aliphatic carbocycles. The number of H-pyrrole nitrogens is 1. The highest BCUT2D eigenvalue weighted by molar-refractivity contribution is 8.39. The number of hydrogen-bond donors (Lipinski definition) is 3. The molecule has 3 heterocycles. The van der Waals surface area contributed by atoms with Crippen LogP contribution >= 0.6 is 19.5 Å². The third-order valence-electron chi connectivity index (χ3n) is 3.29. The molecule has 5 unspecified atom stereocenters. The third-order valence-corrected chi connectivity index (χ3v) is 4.00. The lowest BCUT2D eigenvalue weighted by molar-refractivity contribution is -0.111. The van der Waals surface area contributed by atoms with Gasteiger partial charge in [0, 0.05) is 6.07 Å². The molecule has 0 aromatic carbocycles. The maximum Gasteiger partial charge on any atom is 0.582 e. The van der Waals surface area contributed by atoms with E-state index in [-0.39, 0.29) is 5.69 Å². The van der Waals surface area contributed by atoms with Crippen molar-refractivity contribution < 1.29 is 23.3 Å². The van der Waals surface area contributed by atoms with Crippen LogP contribution in [0.5, 0.6) is 0 Å². The van der Waals surface area contributed by atoms with E-state index in [4.69, 9.17) is 9.26 Å². The molecule has 0 spiro atoms. The Morgan fingerprint density at radius 1 is 1.55 bits per heavy atom. The maximum absolute atomic E-state index is 14.3. The van der Waals surface area contributed by atoms with Gasteiger partial charge >= 0.3 is 12.9 Å². The zero-order valence-electron chi connectivity index (χ0n) is 9.67. The van der Waals surface area contributed by atoms with Crippen LogP contribution in [-0.4, -0.2) is 33.0 Å². The summed E-state index contributed by atoms with van der Waals surface area (Å²) in [6.07, 6.45) is -7.13. The summed E-state index contributed by atoms with van der Waals surface area (Å²) in [7, 11) is -2.41. The number of hydrogen-bond acceptors (Lipinski definition) is 6. The van der Waals surface area contributed by atoms with Gasteiger partial charge in [-0.3, -0.25) is 14.3 Å². The molecular weight excluding hydrogens is 314 g/mol. The number of aromatic nitrogens is 2. The number of rotatable bonds is 2. The highest BCUT2D eigenvalue weighted by atomic mass is 32.7. The molecule has 20 heavy (non-hydrogen) atoms. The molecule has 0 amide bonds. The summed E-state index contributed by atoms with van der Waals surface area (Å²) in [6.45, 7) is 0. The lowest BCUT2D eigenvalue weighted by atomic mass is 10.1. The molecule has 1 fully saturated rings. The molecule has 1 aromatic rings. The van der Waals surface area contributed by atoms with Crippen molar-refractivity contribution in [2.75, 3.05) is 0 Å². The van der Waals surface area contributed by atoms with Crippen LogP contribution in [0.1, 0.15) is 18.0 Å². The fourth-order valence-corrected chi connectivity index (χ4v) is 3.29. The van der Waals surface area contributed by atoms with Crippen molar-refractivity contribution in [3.05, 3.63) is 32.6 Å². The summed E-state index contributed by atoms with van der Waals surface area (Å²) in [5.41, 5.74) is -1.67. The van der Waals surface area contributed by atoms with Crippen molar-refractivity contribution in [3.63, 3.8) is 0 Å². The van der Waals surface area contributed by atoms with Crippen molar-refractivity contribution in [2.45, 2.75) is 30.7 Å². The van der Waals surface area contributed by atoms with Crippen molar-refractivity contribution in [2.24, 2.45) is 0 Å². The van der Waals surface area contributed by atoms with Crippen LogP contribution in [0.15, 0.2) is 15.7 Å². The number of aliphatic hydroxyl groups is 1. The van der Waals surface area contributed by atoms with Gasteiger partial charge in [-0.25, -0.2) is 9.18 Å². The Morgan fingerprint density at radius 3 is 2.90 bits per heavy atom. The SMILES string of the molecule is O=c1cc2n(c(=O)[nH]1)C1OC(C(O[P+](=O)S)C1F)[C@@H]2O. The van der Waals surface area contributed by atoms with E-state index in [2.05, 4.69) is 12.2 Å². The average molecular weight is 323 g/mol. The first-order valence-electron chi connectivity index (χ1n) is 5.56. The lowest BCUT2D eigenvalue weighted by Gasteiger charge is -2.29. The Labute approximate surface area is 116 Å². The molecule has 6 atom stereocenters. The van der Waals surface area contributed by atoms with E-state index in [0.717, 1.165) is 10.6 Å². The number of aromatic amines is 1. The van der Waals surface area contributed by atoms with Gasteiger partial charge in [0.2, 0.25) is 0 Å². The van der Waals surface area contributed by atoms with E-state index in [1.807, 2.05) is 4.98 Å². The van der Waals surface area contributed by atoms with Crippen LogP contribution in [-0.2, 0) is 13.8 Å². The minimum absolute atomic E-state index is 0.0665. The number of aliphatic hydroxyl groups excluding tert-OH is 1. The molecular formula is C9H9FN2O6PS+. The monoisotopic (exact) mass is 323 g/mol. The number of alkyl halides is 1. The Bertz CT molecular complexity index is 692. The fourth-order valence-electron chi connectivity index (χ4n) is 2.52. The van der Waals surface area contributed by atoms with Crippen LogP contribution in [0.25, 0.3) is 0 Å². The highest BCUT2D eigenvalue weighted by Gasteiger charge is 2.57. The first-order chi connectivity index (χ1) is 9.40. The second-order valence-corrected chi connectivity index (χ2v) is 6.09. The molecule has 108 valence electrons. The van der Waals surface area contributed by atoms with Crippen molar-refractivity contribution in [1.29, 1.82) is 0 Å². The van der Waals surface area contributed by atoms with Gasteiger partial charge in [0.15, 0.2) is 18.5 Å². The number of halogens is 1. The van der Waals surface area contributed by atoms with E-state index >= 15 is 0 Å². The Hall–Kier alpha value is -1.06. The van der Waals surface area contributed by atoms with E-state index in [0.29, 0.717) is 0 Å². The van der Waals surface area contributed by atoms with Gasteiger partial charge in [-0.2, -0.15) is 0 Å². The normalized spacial score (nSPS) is 35.8. The third kappa shape index (κ3) is 1.95. The van der Waals surface area contributed by atoms with E-state index in [1.54, 1.807) is 0 Å². The Morgan fingerprint density at radius 2 is 2.25 bits per heavy atom. The first-order valence-corrected chi connectivity index (χ1v) is 7.89. The van der Waals surface area contributed by atoms with Gasteiger partial charge in [0.1, 0.15) is 24.5 Å². The summed E-state index contributed by atoms with van der Waals surface area (Å²) >= 11 is 3.53. The summed E-state index contributed by atoms with van der Waals surface area (Å²) in [5.74, 6) is 0. The van der Waals surface area contributed by atoms with Crippen molar-refractivity contribution in [1.82, 2.24) is 9.55 Å². The van der Waals surface area contributed by atoms with E-state index in [1.165, 1.54) is 0 Å². The molecule has 1 saturated heterocycles. The fraction of sp³-hybridized carbons (Fsp3) is 0.556. The summed E-state index contributed by atoms with van der Waals surface area (Å²) in [5, 5.41) is 10.1. The van der Waals surface area contributed by atoms with Crippen LogP contribution < -0.4 is 11.2 Å². The minimum Gasteiger partial charge on any atom is -0.384 e. The van der Waals surface area contributed by atoms with Crippen LogP contribution in [0.2, 0.25) is 0 Å². The minimum atomic E-state index is -2.41. The number of nitrogens with one attached hydrogen (secondary N) is 1. The number of ether oxygens (including phenoxy) is 1.